The average Bonchev–Trinajstić information content (AvgIpc) is 3.49. The molecule has 2 aromatic carbocycles. The minimum Gasteiger partial charge on any atom is -0.395 e. The summed E-state index contributed by atoms with van der Waals surface area (Å²) >= 11 is 0. The summed E-state index contributed by atoms with van der Waals surface area (Å²) in [7, 11) is -3.78. The van der Waals surface area contributed by atoms with Gasteiger partial charge in [-0.1, -0.05) is 6.07 Å². The molecule has 13 heteroatoms. The monoisotopic (exact) mass is 566 g/mol. The van der Waals surface area contributed by atoms with E-state index in [4.69, 9.17) is 5.11 Å². The molecule has 2 heterocycles. The van der Waals surface area contributed by atoms with E-state index >= 15 is 0 Å². The molecule has 2 aromatic rings. The Labute approximate surface area is 224 Å². The predicted octanol–water partition coefficient (Wildman–Crippen LogP) is 3.50. The molecule has 0 radical (unpaired) electrons. The van der Waals surface area contributed by atoms with Crippen molar-refractivity contribution in [2.24, 2.45) is 5.41 Å². The van der Waals surface area contributed by atoms with Crippen LogP contribution in [0.3, 0.4) is 0 Å². The van der Waals surface area contributed by atoms with Gasteiger partial charge in [-0.3, -0.25) is 14.3 Å². The second-order valence-electron chi connectivity index (χ2n) is 10.4. The number of fused-ring (bicyclic) bond motifs is 1. The first-order valence-electron chi connectivity index (χ1n) is 12.7. The fourth-order valence-electron chi connectivity index (χ4n) is 5.32. The third-order valence-electron chi connectivity index (χ3n) is 7.72. The fourth-order valence-corrected chi connectivity index (χ4v) is 6.15. The molecule has 39 heavy (non-hydrogen) atoms. The number of aliphatic hydroxyl groups is 1. The average molecular weight is 567 g/mol. The van der Waals surface area contributed by atoms with Gasteiger partial charge < -0.3 is 20.2 Å². The number of alkyl halides is 3. The SMILES string of the molecule is O=C(Nc1ccc2c(c1)N(C(=O)C(F)(F)F)CC2)c1ccc(NS(=O)(=O)CCO)cc1N1CCC2(CC1)CC2. The lowest BCUT2D eigenvalue weighted by atomic mass is 9.93. The molecule has 1 saturated carbocycles. The van der Waals surface area contributed by atoms with E-state index in [0.717, 1.165) is 12.8 Å². The summed E-state index contributed by atoms with van der Waals surface area (Å²) < 4.78 is 66.0. The van der Waals surface area contributed by atoms with Gasteiger partial charge in [-0.2, -0.15) is 13.2 Å². The first kappa shape index (κ1) is 27.3. The largest absolute Gasteiger partial charge is 0.471 e. The second kappa shape index (κ2) is 10.0. The van der Waals surface area contributed by atoms with Crippen LogP contribution in [0.25, 0.3) is 0 Å². The lowest BCUT2D eigenvalue weighted by molar-refractivity contribution is -0.170. The number of aliphatic hydroxyl groups excluding tert-OH is 1. The molecule has 0 atom stereocenters. The Kier molecular flexibility index (Phi) is 7.00. The maximum absolute atomic E-state index is 13.4. The zero-order valence-corrected chi connectivity index (χ0v) is 21.9. The van der Waals surface area contributed by atoms with E-state index in [9.17, 15) is 31.2 Å². The fraction of sp³-hybridized carbons (Fsp3) is 0.462. The number of nitrogens with one attached hydrogen (secondary N) is 2. The van der Waals surface area contributed by atoms with Crippen LogP contribution in [0.5, 0.6) is 0 Å². The van der Waals surface area contributed by atoms with Crippen molar-refractivity contribution in [3.05, 3.63) is 47.5 Å². The number of rotatable bonds is 7. The van der Waals surface area contributed by atoms with Crippen LogP contribution in [0, 0.1) is 5.41 Å². The van der Waals surface area contributed by atoms with E-state index in [-0.39, 0.29) is 35.6 Å². The van der Waals surface area contributed by atoms with Crippen LogP contribution in [0.4, 0.5) is 35.9 Å². The van der Waals surface area contributed by atoms with Crippen LogP contribution in [-0.4, -0.2) is 63.5 Å². The van der Waals surface area contributed by atoms with Crippen molar-refractivity contribution in [1.29, 1.82) is 0 Å². The van der Waals surface area contributed by atoms with Gasteiger partial charge in [0.05, 0.1) is 29.3 Å². The number of sulfonamides is 1. The first-order chi connectivity index (χ1) is 18.4. The Hall–Kier alpha value is -3.32. The number of carbonyl (C=O) groups excluding carboxylic acids is 2. The number of benzene rings is 2. The number of nitrogens with zero attached hydrogens (tertiary/aromatic N) is 2. The van der Waals surface area contributed by atoms with Gasteiger partial charge in [-0.15, -0.1) is 0 Å². The molecule has 5 rings (SSSR count). The third kappa shape index (κ3) is 5.83. The normalized spacial score (nSPS) is 18.2. The van der Waals surface area contributed by atoms with Gasteiger partial charge in [0.25, 0.3) is 5.91 Å². The van der Waals surface area contributed by atoms with Crippen molar-refractivity contribution >= 4 is 44.6 Å². The van der Waals surface area contributed by atoms with Crippen molar-refractivity contribution < 1.29 is 36.3 Å². The lowest BCUT2D eigenvalue weighted by Crippen LogP contribution is -2.40. The van der Waals surface area contributed by atoms with E-state index in [0.29, 0.717) is 34.7 Å². The summed E-state index contributed by atoms with van der Waals surface area (Å²) in [6.07, 6.45) is -0.448. The second-order valence-corrected chi connectivity index (χ2v) is 12.2. The van der Waals surface area contributed by atoms with E-state index in [2.05, 4.69) is 10.0 Å². The minimum absolute atomic E-state index is 0.0979. The molecule has 0 aromatic heterocycles. The van der Waals surface area contributed by atoms with Crippen molar-refractivity contribution in [3.8, 4) is 0 Å². The molecule has 3 N–H and O–H groups in total. The molecule has 2 amide bonds. The van der Waals surface area contributed by atoms with Crippen LogP contribution in [0.1, 0.15) is 41.6 Å². The lowest BCUT2D eigenvalue weighted by Gasteiger charge is -2.35. The molecule has 0 bridgehead atoms. The Balaban J connectivity index is 1.41. The molecular weight excluding hydrogens is 537 g/mol. The van der Waals surface area contributed by atoms with Crippen molar-refractivity contribution in [2.45, 2.75) is 38.3 Å². The molecule has 2 aliphatic heterocycles. The molecule has 1 aliphatic carbocycles. The van der Waals surface area contributed by atoms with Crippen molar-refractivity contribution in [3.63, 3.8) is 0 Å². The summed E-state index contributed by atoms with van der Waals surface area (Å²) in [5.41, 5.74) is 2.33. The highest BCUT2D eigenvalue weighted by Gasteiger charge is 2.45. The number of carbonyl (C=O) groups is 2. The van der Waals surface area contributed by atoms with Gasteiger partial charge in [0.15, 0.2) is 0 Å². The zero-order chi connectivity index (χ0) is 28.0. The van der Waals surface area contributed by atoms with Crippen molar-refractivity contribution in [2.75, 3.05) is 51.8 Å². The van der Waals surface area contributed by atoms with Gasteiger partial charge in [0, 0.05) is 31.0 Å². The summed E-state index contributed by atoms with van der Waals surface area (Å²) in [5, 5.41) is 11.8. The van der Waals surface area contributed by atoms with E-state index in [1.807, 2.05) is 4.90 Å². The van der Waals surface area contributed by atoms with Gasteiger partial charge in [0.2, 0.25) is 10.0 Å². The quantitative estimate of drug-likeness (QED) is 0.472. The van der Waals surface area contributed by atoms with Gasteiger partial charge in [0.1, 0.15) is 0 Å². The van der Waals surface area contributed by atoms with Crippen LogP contribution < -0.4 is 19.8 Å². The molecule has 1 spiro atoms. The highest BCUT2D eigenvalue weighted by molar-refractivity contribution is 7.92. The topological polar surface area (TPSA) is 119 Å². The zero-order valence-electron chi connectivity index (χ0n) is 21.1. The first-order valence-corrected chi connectivity index (χ1v) is 14.4. The van der Waals surface area contributed by atoms with Gasteiger partial charge in [-0.05, 0) is 73.4 Å². The van der Waals surface area contributed by atoms with E-state index < -0.39 is 40.4 Å². The molecule has 2 fully saturated rings. The van der Waals surface area contributed by atoms with Gasteiger partial charge in [-0.25, -0.2) is 8.42 Å². The highest BCUT2D eigenvalue weighted by atomic mass is 32.2. The van der Waals surface area contributed by atoms with Crippen LogP contribution in [0.2, 0.25) is 0 Å². The Morgan fingerprint density at radius 3 is 2.26 bits per heavy atom. The summed E-state index contributed by atoms with van der Waals surface area (Å²) in [6.45, 7) is 0.754. The maximum Gasteiger partial charge on any atom is 0.471 e. The molecule has 210 valence electrons. The minimum atomic E-state index is -5.01. The smallest absolute Gasteiger partial charge is 0.395 e. The Morgan fingerprint density at radius 2 is 1.62 bits per heavy atom. The van der Waals surface area contributed by atoms with Gasteiger partial charge >= 0.3 is 12.1 Å². The third-order valence-corrected chi connectivity index (χ3v) is 8.99. The van der Waals surface area contributed by atoms with Crippen LogP contribution in [-0.2, 0) is 21.2 Å². The Morgan fingerprint density at radius 1 is 0.949 bits per heavy atom. The summed E-state index contributed by atoms with van der Waals surface area (Å²) in [4.78, 5) is 28.0. The molecule has 0 unspecified atom stereocenters. The summed E-state index contributed by atoms with van der Waals surface area (Å²) in [6, 6.07) is 9.06. The number of anilines is 4. The standard InChI is InChI=1S/C26H29F3N4O5S/c27-26(28,29)24(36)33-10-5-17-1-2-18(15-21(17)33)30-23(35)20-4-3-19(31-39(37,38)14-13-34)16-22(20)32-11-8-25(6-7-25)9-12-32/h1-4,15-16,31,34H,5-14H2,(H,30,35). The maximum atomic E-state index is 13.4. The molecule has 3 aliphatic rings. The van der Waals surface area contributed by atoms with E-state index in [1.54, 1.807) is 18.2 Å². The highest BCUT2D eigenvalue weighted by Crippen LogP contribution is 2.54. The Bertz CT molecular complexity index is 1400. The number of halogens is 3. The van der Waals surface area contributed by atoms with Crippen LogP contribution in [0.15, 0.2) is 36.4 Å². The number of hydrogen-bond acceptors (Lipinski definition) is 6. The summed E-state index contributed by atoms with van der Waals surface area (Å²) in [5.74, 6) is -2.94. The van der Waals surface area contributed by atoms with E-state index in [1.165, 1.54) is 31.0 Å². The molecular formula is C26H29F3N4O5S. The number of hydrogen-bond donors (Lipinski definition) is 3. The van der Waals surface area contributed by atoms with Crippen LogP contribution >= 0.6 is 0 Å². The molecule has 9 nitrogen and oxygen atoms in total. The predicted molar refractivity (Wildman–Crippen MR) is 141 cm³/mol. The molecule has 1 saturated heterocycles. The van der Waals surface area contributed by atoms with Crippen molar-refractivity contribution in [1.82, 2.24) is 0 Å². The number of piperidine rings is 1. The number of amides is 2.